The lowest BCUT2D eigenvalue weighted by Gasteiger charge is -2.41. The van der Waals surface area contributed by atoms with Crippen molar-refractivity contribution in [2.24, 2.45) is 11.8 Å². The van der Waals surface area contributed by atoms with Crippen molar-refractivity contribution in [3.63, 3.8) is 0 Å². The van der Waals surface area contributed by atoms with Crippen LogP contribution >= 0.6 is 0 Å². The summed E-state index contributed by atoms with van der Waals surface area (Å²) in [6.45, 7) is 0.666. The van der Waals surface area contributed by atoms with Crippen LogP contribution in [0.15, 0.2) is 6.20 Å². The third-order valence-corrected chi connectivity index (χ3v) is 7.32. The van der Waals surface area contributed by atoms with Crippen LogP contribution in [0.5, 0.6) is 0 Å². The number of imidazole rings is 1. The highest BCUT2D eigenvalue weighted by Gasteiger charge is 2.54. The van der Waals surface area contributed by atoms with Crippen LogP contribution in [-0.4, -0.2) is 64.7 Å². The summed E-state index contributed by atoms with van der Waals surface area (Å²) in [7, 11) is 1.67. The first-order valence-corrected chi connectivity index (χ1v) is 11.3. The van der Waals surface area contributed by atoms with Crippen LogP contribution in [0.25, 0.3) is 0 Å². The zero-order valence-corrected chi connectivity index (χ0v) is 17.5. The average molecular weight is 419 g/mol. The minimum atomic E-state index is -1.21. The summed E-state index contributed by atoms with van der Waals surface area (Å²) in [5, 5.41) is 2.90. The van der Waals surface area contributed by atoms with Crippen molar-refractivity contribution in [3.8, 4) is 0 Å². The average Bonchev–Trinajstić information content (AvgIpc) is 3.64. The van der Waals surface area contributed by atoms with Crippen LogP contribution in [-0.2, 0) is 20.7 Å². The van der Waals surface area contributed by atoms with Gasteiger partial charge in [0.15, 0.2) is 0 Å². The molecule has 6 atom stereocenters. The number of carbonyl (C=O) groups is 2. The van der Waals surface area contributed by atoms with Crippen molar-refractivity contribution in [1.29, 1.82) is 0 Å². The third-order valence-electron chi connectivity index (χ3n) is 7.32. The number of hydrogen-bond acceptors (Lipinski definition) is 4. The Kier molecular flexibility index (Phi) is 5.29. The largest absolute Gasteiger partial charge is 0.385 e. The van der Waals surface area contributed by atoms with Crippen molar-refractivity contribution < 1.29 is 18.7 Å². The summed E-state index contributed by atoms with van der Waals surface area (Å²) in [4.78, 5) is 34.9. The van der Waals surface area contributed by atoms with Gasteiger partial charge in [-0.2, -0.15) is 0 Å². The molecule has 2 saturated heterocycles. The molecule has 2 N–H and O–H groups in total. The van der Waals surface area contributed by atoms with E-state index < -0.39 is 18.3 Å². The number of alkyl halides is 1. The number of piperidine rings is 1. The molecule has 30 heavy (non-hydrogen) atoms. The standard InChI is InChI=1S/C22H31FN4O3/c1-30-7-6-13-8-16(13)22(29)27-15-4-5-18(27)20(23)17(10-15)26-19(28)9-14-11-24-21(25-14)12-2-3-12/h11-13,15-18,20H,2-10H2,1H3,(H,24,25)(H,26,28)/t13-,15-,16-,17+,18+,20-/m1/s1. The van der Waals surface area contributed by atoms with E-state index in [0.717, 1.165) is 43.6 Å². The molecule has 2 saturated carbocycles. The van der Waals surface area contributed by atoms with Crippen molar-refractivity contribution in [2.75, 3.05) is 13.7 Å². The molecule has 0 spiro atoms. The van der Waals surface area contributed by atoms with Gasteiger partial charge in [0.2, 0.25) is 11.8 Å². The van der Waals surface area contributed by atoms with Gasteiger partial charge in [-0.05, 0) is 50.9 Å². The number of carbonyl (C=O) groups excluding carboxylic acids is 2. The maximum atomic E-state index is 15.3. The number of aromatic nitrogens is 2. The number of nitrogens with zero attached hydrogens (tertiary/aromatic N) is 2. The zero-order valence-electron chi connectivity index (χ0n) is 17.5. The van der Waals surface area contributed by atoms with Crippen LogP contribution in [0, 0.1) is 11.8 Å². The van der Waals surface area contributed by atoms with Crippen LogP contribution in [0.1, 0.15) is 62.4 Å². The fourth-order valence-electron chi connectivity index (χ4n) is 5.42. The van der Waals surface area contributed by atoms with Crippen molar-refractivity contribution in [3.05, 3.63) is 17.7 Å². The third kappa shape index (κ3) is 3.86. The van der Waals surface area contributed by atoms with Gasteiger partial charge in [-0.15, -0.1) is 0 Å². The molecule has 0 aromatic carbocycles. The molecule has 1 aromatic heterocycles. The van der Waals surface area contributed by atoms with Gasteiger partial charge in [0.1, 0.15) is 12.0 Å². The van der Waals surface area contributed by atoms with Gasteiger partial charge in [-0.25, -0.2) is 9.37 Å². The van der Waals surface area contributed by atoms with Crippen LogP contribution in [0.3, 0.4) is 0 Å². The minimum Gasteiger partial charge on any atom is -0.385 e. The summed E-state index contributed by atoms with van der Waals surface area (Å²) in [6, 6.07) is -0.885. The van der Waals surface area contributed by atoms with Gasteiger partial charge < -0.3 is 19.9 Å². The van der Waals surface area contributed by atoms with E-state index in [0.29, 0.717) is 31.3 Å². The highest BCUT2D eigenvalue weighted by atomic mass is 19.1. The fourth-order valence-corrected chi connectivity index (χ4v) is 5.42. The highest BCUT2D eigenvalue weighted by molar-refractivity contribution is 5.83. The lowest BCUT2D eigenvalue weighted by molar-refractivity contribution is -0.140. The topological polar surface area (TPSA) is 87.3 Å². The second kappa shape index (κ2) is 7.94. The first-order chi connectivity index (χ1) is 14.5. The number of ether oxygens (including phenoxy) is 1. The highest BCUT2D eigenvalue weighted by Crippen LogP contribution is 2.47. The number of fused-ring (bicyclic) bond motifs is 2. The Morgan fingerprint density at radius 2 is 2.13 bits per heavy atom. The lowest BCUT2D eigenvalue weighted by Crippen LogP contribution is -2.59. The van der Waals surface area contributed by atoms with E-state index in [1.54, 1.807) is 13.3 Å². The zero-order chi connectivity index (χ0) is 20.8. The molecule has 0 unspecified atom stereocenters. The molecule has 2 aliphatic carbocycles. The molecule has 1 aromatic rings. The van der Waals surface area contributed by atoms with Gasteiger partial charge in [0.05, 0.1) is 18.5 Å². The number of aromatic amines is 1. The Bertz CT molecular complexity index is 810. The Labute approximate surface area is 176 Å². The van der Waals surface area contributed by atoms with Gasteiger partial charge in [0, 0.05) is 43.5 Å². The molecule has 4 fully saturated rings. The molecule has 2 amide bonds. The molecule has 164 valence electrons. The molecular formula is C22H31FN4O3. The van der Waals surface area contributed by atoms with E-state index in [9.17, 15) is 9.59 Å². The predicted molar refractivity (Wildman–Crippen MR) is 107 cm³/mol. The Balaban J connectivity index is 1.16. The summed E-state index contributed by atoms with van der Waals surface area (Å²) in [5.41, 5.74) is 0.774. The molecular weight excluding hydrogens is 387 g/mol. The monoisotopic (exact) mass is 418 g/mol. The number of amides is 2. The smallest absolute Gasteiger partial charge is 0.226 e. The van der Waals surface area contributed by atoms with Gasteiger partial charge >= 0.3 is 0 Å². The normalized spacial score (nSPS) is 34.8. The second-order valence-electron chi connectivity index (χ2n) is 9.53. The SMILES string of the molecule is COCC[C@@H]1C[C@H]1C(=O)N1[C@@H]2CC[C@H]1[C@H](F)[C@@H](NC(=O)Cc1cnc(C3CC3)[nH]1)C2. The number of methoxy groups -OCH3 is 1. The van der Waals surface area contributed by atoms with E-state index >= 15 is 4.39 Å². The molecule has 2 bridgehead atoms. The molecule has 8 heteroatoms. The lowest BCUT2D eigenvalue weighted by atomic mass is 9.94. The maximum Gasteiger partial charge on any atom is 0.226 e. The summed E-state index contributed by atoms with van der Waals surface area (Å²) >= 11 is 0. The predicted octanol–water partition coefficient (Wildman–Crippen LogP) is 2.09. The molecule has 4 aliphatic rings. The van der Waals surface area contributed by atoms with Crippen molar-refractivity contribution >= 4 is 11.8 Å². The first kappa shape index (κ1) is 20.0. The van der Waals surface area contributed by atoms with Crippen LogP contribution in [0.2, 0.25) is 0 Å². The maximum absolute atomic E-state index is 15.3. The van der Waals surface area contributed by atoms with Crippen LogP contribution < -0.4 is 5.32 Å². The number of nitrogens with one attached hydrogen (secondary N) is 2. The van der Waals surface area contributed by atoms with Crippen molar-refractivity contribution in [2.45, 2.75) is 81.6 Å². The van der Waals surface area contributed by atoms with Gasteiger partial charge in [-0.3, -0.25) is 9.59 Å². The van der Waals surface area contributed by atoms with Crippen molar-refractivity contribution in [1.82, 2.24) is 20.2 Å². The number of hydrogen-bond donors (Lipinski definition) is 2. The summed E-state index contributed by atoms with van der Waals surface area (Å²) in [6.07, 6.45) is 6.77. The van der Waals surface area contributed by atoms with Gasteiger partial charge in [-0.1, -0.05) is 0 Å². The van der Waals surface area contributed by atoms with E-state index in [-0.39, 0.29) is 30.2 Å². The Morgan fingerprint density at radius 3 is 2.90 bits per heavy atom. The number of rotatable bonds is 8. The molecule has 5 rings (SSSR count). The number of halogens is 1. The van der Waals surface area contributed by atoms with E-state index in [4.69, 9.17) is 4.74 Å². The Hall–Kier alpha value is -1.96. The molecule has 0 radical (unpaired) electrons. The molecule has 3 heterocycles. The van der Waals surface area contributed by atoms with E-state index in [1.165, 1.54) is 0 Å². The van der Waals surface area contributed by atoms with E-state index in [1.807, 2.05) is 4.90 Å². The number of H-pyrrole nitrogens is 1. The van der Waals surface area contributed by atoms with E-state index in [2.05, 4.69) is 15.3 Å². The summed E-state index contributed by atoms with van der Waals surface area (Å²) in [5.74, 6) is 1.80. The quantitative estimate of drug-likeness (QED) is 0.677. The molecule has 2 aliphatic heterocycles. The van der Waals surface area contributed by atoms with Crippen LogP contribution in [0.4, 0.5) is 4.39 Å². The first-order valence-electron chi connectivity index (χ1n) is 11.3. The minimum absolute atomic E-state index is 0.0302. The Morgan fingerprint density at radius 1 is 1.30 bits per heavy atom. The second-order valence-corrected chi connectivity index (χ2v) is 9.53. The fraction of sp³-hybridized carbons (Fsp3) is 0.773. The summed E-state index contributed by atoms with van der Waals surface area (Å²) < 4.78 is 20.4. The molecule has 7 nitrogen and oxygen atoms in total. The van der Waals surface area contributed by atoms with Gasteiger partial charge in [0.25, 0.3) is 0 Å².